The van der Waals surface area contributed by atoms with E-state index in [-0.39, 0.29) is 11.5 Å². The molecule has 1 aliphatic heterocycles. The van der Waals surface area contributed by atoms with Crippen molar-refractivity contribution in [2.75, 3.05) is 13.2 Å². The number of ether oxygens (including phenoxy) is 1. The van der Waals surface area contributed by atoms with Crippen LogP contribution in [0.15, 0.2) is 12.3 Å². The number of carboxylic acids is 1. The third-order valence-electron chi connectivity index (χ3n) is 3.46. The van der Waals surface area contributed by atoms with Crippen LogP contribution in [0.25, 0.3) is 5.95 Å². The molecule has 1 saturated heterocycles. The van der Waals surface area contributed by atoms with Gasteiger partial charge in [-0.1, -0.05) is 0 Å². The third-order valence-corrected chi connectivity index (χ3v) is 3.46. The molecule has 110 valence electrons. The van der Waals surface area contributed by atoms with Crippen LogP contribution in [0.5, 0.6) is 0 Å². The first-order valence-electron chi connectivity index (χ1n) is 6.78. The minimum Gasteiger partial charge on any atom is -0.478 e. The van der Waals surface area contributed by atoms with Crippen LogP contribution in [0.3, 0.4) is 0 Å². The number of hydrogen-bond acceptors (Lipinski definition) is 5. The van der Waals surface area contributed by atoms with Gasteiger partial charge in [-0.2, -0.15) is 5.10 Å². The molecule has 1 atom stereocenters. The highest BCUT2D eigenvalue weighted by Crippen LogP contribution is 2.27. The number of aromatic carboxylic acids is 1. The van der Waals surface area contributed by atoms with Crippen LogP contribution >= 0.6 is 0 Å². The van der Waals surface area contributed by atoms with Crippen molar-refractivity contribution in [2.45, 2.75) is 26.2 Å². The monoisotopic (exact) mass is 288 g/mol. The molecular formula is C14H16N4O3. The third kappa shape index (κ3) is 2.64. The maximum atomic E-state index is 11.4. The van der Waals surface area contributed by atoms with Crippen molar-refractivity contribution in [2.24, 2.45) is 0 Å². The zero-order valence-corrected chi connectivity index (χ0v) is 11.9. The molecular weight excluding hydrogens is 272 g/mol. The van der Waals surface area contributed by atoms with Gasteiger partial charge in [0.1, 0.15) is 5.56 Å². The second kappa shape index (κ2) is 5.25. The van der Waals surface area contributed by atoms with E-state index in [1.165, 1.54) is 10.9 Å². The van der Waals surface area contributed by atoms with Gasteiger partial charge in [0.2, 0.25) is 0 Å². The topological polar surface area (TPSA) is 90.1 Å². The van der Waals surface area contributed by atoms with Crippen molar-refractivity contribution >= 4 is 5.97 Å². The first-order valence-corrected chi connectivity index (χ1v) is 6.78. The highest BCUT2D eigenvalue weighted by Gasteiger charge is 2.27. The first-order chi connectivity index (χ1) is 10.0. The van der Waals surface area contributed by atoms with E-state index in [1.54, 1.807) is 0 Å². The maximum absolute atomic E-state index is 11.4. The SMILES string of the molecule is Cc1cc(C)nc(-n2cc(C(=O)O)c(C3CCOC3)n2)n1. The van der Waals surface area contributed by atoms with Crippen LogP contribution in [-0.2, 0) is 4.74 Å². The molecule has 0 amide bonds. The summed E-state index contributed by atoms with van der Waals surface area (Å²) in [6.45, 7) is 4.87. The molecule has 0 aliphatic carbocycles. The summed E-state index contributed by atoms with van der Waals surface area (Å²) in [5, 5.41) is 13.8. The number of carboxylic acid groups (broad SMARTS) is 1. The van der Waals surface area contributed by atoms with Crippen LogP contribution in [-0.4, -0.2) is 44.0 Å². The van der Waals surface area contributed by atoms with Gasteiger partial charge in [-0.05, 0) is 26.3 Å². The predicted molar refractivity (Wildman–Crippen MR) is 73.8 cm³/mol. The summed E-state index contributed by atoms with van der Waals surface area (Å²) in [5.41, 5.74) is 2.36. The van der Waals surface area contributed by atoms with Crippen LogP contribution in [0, 0.1) is 13.8 Å². The molecule has 7 nitrogen and oxygen atoms in total. The number of aryl methyl sites for hydroxylation is 2. The highest BCUT2D eigenvalue weighted by molar-refractivity contribution is 5.89. The Hall–Kier alpha value is -2.28. The maximum Gasteiger partial charge on any atom is 0.339 e. The second-order valence-electron chi connectivity index (χ2n) is 5.19. The van der Waals surface area contributed by atoms with E-state index < -0.39 is 5.97 Å². The molecule has 2 aromatic rings. The van der Waals surface area contributed by atoms with Crippen LogP contribution in [0.1, 0.15) is 39.8 Å². The van der Waals surface area contributed by atoms with E-state index in [0.717, 1.165) is 17.8 Å². The lowest BCUT2D eigenvalue weighted by Crippen LogP contribution is -2.07. The zero-order chi connectivity index (χ0) is 15.0. The molecule has 21 heavy (non-hydrogen) atoms. The minimum absolute atomic E-state index is 0.0169. The normalized spacial score (nSPS) is 18.1. The number of aromatic nitrogens is 4. The molecule has 1 N–H and O–H groups in total. The number of hydrogen-bond donors (Lipinski definition) is 1. The Morgan fingerprint density at radius 2 is 2.10 bits per heavy atom. The van der Waals surface area contributed by atoms with Crippen molar-refractivity contribution in [1.29, 1.82) is 0 Å². The fraction of sp³-hybridized carbons (Fsp3) is 0.429. The molecule has 0 bridgehead atoms. The summed E-state index contributed by atoms with van der Waals surface area (Å²) in [4.78, 5) is 20.0. The average Bonchev–Trinajstić information content (AvgIpc) is 3.06. The van der Waals surface area contributed by atoms with Crippen molar-refractivity contribution < 1.29 is 14.6 Å². The van der Waals surface area contributed by atoms with Gasteiger partial charge in [0.05, 0.1) is 12.3 Å². The van der Waals surface area contributed by atoms with Gasteiger partial charge in [0.15, 0.2) is 0 Å². The summed E-state index contributed by atoms with van der Waals surface area (Å²) < 4.78 is 6.77. The average molecular weight is 288 g/mol. The van der Waals surface area contributed by atoms with Crippen molar-refractivity contribution in [3.05, 3.63) is 34.9 Å². The standard InChI is InChI=1S/C14H16N4O3/c1-8-5-9(2)16-14(15-8)18-6-11(13(19)20)12(17-18)10-3-4-21-7-10/h5-6,10H,3-4,7H2,1-2H3,(H,19,20). The van der Waals surface area contributed by atoms with Crippen LogP contribution in [0.2, 0.25) is 0 Å². The highest BCUT2D eigenvalue weighted by atomic mass is 16.5. The van der Waals surface area contributed by atoms with Crippen molar-refractivity contribution in [3.8, 4) is 5.95 Å². The Morgan fingerprint density at radius 3 is 2.67 bits per heavy atom. The fourth-order valence-corrected chi connectivity index (χ4v) is 2.52. The molecule has 3 heterocycles. The van der Waals surface area contributed by atoms with Gasteiger partial charge in [0, 0.05) is 30.1 Å². The predicted octanol–water partition coefficient (Wildman–Crippen LogP) is 1.48. The molecule has 1 fully saturated rings. The van der Waals surface area contributed by atoms with Crippen molar-refractivity contribution in [1.82, 2.24) is 19.7 Å². The molecule has 0 aromatic carbocycles. The van der Waals surface area contributed by atoms with E-state index in [9.17, 15) is 9.90 Å². The minimum atomic E-state index is -0.993. The Labute approximate surface area is 121 Å². The molecule has 7 heteroatoms. The number of nitrogens with zero attached hydrogens (tertiary/aromatic N) is 4. The lowest BCUT2D eigenvalue weighted by Gasteiger charge is -2.05. The zero-order valence-electron chi connectivity index (χ0n) is 11.9. The summed E-state index contributed by atoms with van der Waals surface area (Å²) in [7, 11) is 0. The van der Waals surface area contributed by atoms with E-state index in [1.807, 2.05) is 19.9 Å². The van der Waals surface area contributed by atoms with Gasteiger partial charge in [0.25, 0.3) is 5.95 Å². The van der Waals surface area contributed by atoms with Gasteiger partial charge in [-0.3, -0.25) is 0 Å². The van der Waals surface area contributed by atoms with Gasteiger partial charge < -0.3 is 9.84 Å². The van der Waals surface area contributed by atoms with E-state index in [0.29, 0.717) is 24.9 Å². The van der Waals surface area contributed by atoms with E-state index in [4.69, 9.17) is 4.74 Å². The fourth-order valence-electron chi connectivity index (χ4n) is 2.52. The van der Waals surface area contributed by atoms with E-state index >= 15 is 0 Å². The number of rotatable bonds is 3. The molecule has 2 aromatic heterocycles. The molecule has 1 aliphatic rings. The van der Waals surface area contributed by atoms with Gasteiger partial charge in [-0.25, -0.2) is 19.4 Å². The van der Waals surface area contributed by atoms with Gasteiger partial charge in [-0.15, -0.1) is 0 Å². The summed E-state index contributed by atoms with van der Waals surface area (Å²) >= 11 is 0. The second-order valence-corrected chi connectivity index (χ2v) is 5.19. The molecule has 0 radical (unpaired) electrons. The summed E-state index contributed by atoms with van der Waals surface area (Å²) in [6.07, 6.45) is 2.26. The Bertz CT molecular complexity index is 669. The Morgan fingerprint density at radius 1 is 1.38 bits per heavy atom. The molecule has 3 rings (SSSR count). The molecule has 1 unspecified atom stereocenters. The molecule has 0 spiro atoms. The number of carbonyl (C=O) groups is 1. The quantitative estimate of drug-likeness (QED) is 0.920. The smallest absolute Gasteiger partial charge is 0.339 e. The summed E-state index contributed by atoms with van der Waals surface area (Å²) in [5.74, 6) is -0.587. The van der Waals surface area contributed by atoms with E-state index in [2.05, 4.69) is 15.1 Å². The lowest BCUT2D eigenvalue weighted by atomic mass is 10.0. The lowest BCUT2D eigenvalue weighted by molar-refractivity contribution is 0.0695. The summed E-state index contributed by atoms with van der Waals surface area (Å²) in [6, 6.07) is 1.86. The Kier molecular flexibility index (Phi) is 3.42. The van der Waals surface area contributed by atoms with Crippen molar-refractivity contribution in [3.63, 3.8) is 0 Å². The van der Waals surface area contributed by atoms with Gasteiger partial charge >= 0.3 is 5.97 Å². The first kappa shape index (κ1) is 13.7. The van der Waals surface area contributed by atoms with Crippen LogP contribution in [0.4, 0.5) is 0 Å². The molecule has 0 saturated carbocycles. The Balaban J connectivity index is 2.07. The van der Waals surface area contributed by atoms with Crippen LogP contribution < -0.4 is 0 Å². The largest absolute Gasteiger partial charge is 0.478 e.